The topological polar surface area (TPSA) is 61.4 Å². The third-order valence-electron chi connectivity index (χ3n) is 4.02. The molecule has 0 heterocycles. The van der Waals surface area contributed by atoms with Gasteiger partial charge in [-0.1, -0.05) is 48.5 Å². The second-order valence-corrected chi connectivity index (χ2v) is 7.03. The summed E-state index contributed by atoms with van der Waals surface area (Å²) in [7, 11) is 1.73. The zero-order valence-corrected chi connectivity index (χ0v) is 15.3. The van der Waals surface area contributed by atoms with E-state index in [1.54, 1.807) is 30.1 Å². The molecule has 1 aromatic rings. The molecule has 0 radical (unpaired) electrons. The summed E-state index contributed by atoms with van der Waals surface area (Å²) in [5.41, 5.74) is 0.394. The van der Waals surface area contributed by atoms with Crippen molar-refractivity contribution in [3.63, 3.8) is 0 Å². The number of nitrogens with one attached hydrogen (secondary N) is 2. The van der Waals surface area contributed by atoms with Crippen LogP contribution in [0.2, 0.25) is 10.0 Å². The average molecular weight is 372 g/mol. The van der Waals surface area contributed by atoms with Crippen LogP contribution >= 0.6 is 23.2 Å². The molecule has 0 unspecified atom stereocenters. The fourth-order valence-electron chi connectivity index (χ4n) is 2.86. The highest BCUT2D eigenvalue weighted by atomic mass is 35.5. The molecular formula is C17H23Cl2N3O2. The van der Waals surface area contributed by atoms with Gasteiger partial charge in [0.1, 0.15) is 0 Å². The van der Waals surface area contributed by atoms with Crippen molar-refractivity contribution in [2.24, 2.45) is 0 Å². The number of nitrogens with zero attached hydrogens (tertiary/aromatic N) is 1. The van der Waals surface area contributed by atoms with Gasteiger partial charge in [-0.25, -0.2) is 0 Å². The minimum absolute atomic E-state index is 0.0482. The van der Waals surface area contributed by atoms with Gasteiger partial charge >= 0.3 is 0 Å². The van der Waals surface area contributed by atoms with Crippen molar-refractivity contribution in [2.75, 3.05) is 25.5 Å². The number of likely N-dealkylation sites (N-methyl/N-ethyl adjacent to an activating group) is 1. The lowest BCUT2D eigenvalue weighted by Crippen LogP contribution is -2.43. The van der Waals surface area contributed by atoms with Crippen molar-refractivity contribution < 1.29 is 9.59 Å². The predicted octanol–water partition coefficient (Wildman–Crippen LogP) is 3.31. The first-order valence-corrected chi connectivity index (χ1v) is 8.93. The van der Waals surface area contributed by atoms with Crippen molar-refractivity contribution in [2.45, 2.75) is 38.1 Å². The maximum absolute atomic E-state index is 12.1. The van der Waals surface area contributed by atoms with Crippen LogP contribution in [0.25, 0.3) is 0 Å². The summed E-state index contributed by atoms with van der Waals surface area (Å²) in [6.07, 6.45) is 5.67. The molecule has 2 rings (SSSR count). The van der Waals surface area contributed by atoms with Gasteiger partial charge < -0.3 is 10.6 Å². The van der Waals surface area contributed by atoms with Crippen molar-refractivity contribution in [1.29, 1.82) is 0 Å². The van der Waals surface area contributed by atoms with Crippen LogP contribution in [0, 0.1) is 0 Å². The minimum Gasteiger partial charge on any atom is -0.352 e. The lowest BCUT2D eigenvalue weighted by Gasteiger charge is -2.24. The molecule has 0 atom stereocenters. The first kappa shape index (κ1) is 19.0. The highest BCUT2D eigenvalue weighted by Gasteiger charge is 2.18. The lowest BCUT2D eigenvalue weighted by molar-refractivity contribution is -0.123. The van der Waals surface area contributed by atoms with Crippen LogP contribution < -0.4 is 10.6 Å². The van der Waals surface area contributed by atoms with E-state index in [0.717, 1.165) is 12.8 Å². The van der Waals surface area contributed by atoms with Crippen molar-refractivity contribution in [3.8, 4) is 0 Å². The summed E-state index contributed by atoms with van der Waals surface area (Å²) in [5.74, 6) is -0.314. The molecule has 0 aliphatic heterocycles. The van der Waals surface area contributed by atoms with Crippen LogP contribution in [0.1, 0.15) is 32.1 Å². The molecule has 0 bridgehead atoms. The van der Waals surface area contributed by atoms with E-state index in [9.17, 15) is 9.59 Å². The maximum Gasteiger partial charge on any atom is 0.238 e. The zero-order valence-electron chi connectivity index (χ0n) is 13.8. The van der Waals surface area contributed by atoms with Crippen molar-refractivity contribution >= 4 is 40.7 Å². The number of hydrogen-bond acceptors (Lipinski definition) is 3. The number of anilines is 1. The molecule has 24 heavy (non-hydrogen) atoms. The molecule has 1 fully saturated rings. The summed E-state index contributed by atoms with van der Waals surface area (Å²) >= 11 is 12.1. The first-order valence-electron chi connectivity index (χ1n) is 8.17. The summed E-state index contributed by atoms with van der Waals surface area (Å²) in [5, 5.41) is 6.49. The molecule has 2 amide bonds. The molecule has 2 N–H and O–H groups in total. The van der Waals surface area contributed by atoms with E-state index in [0.29, 0.717) is 15.7 Å². The SMILES string of the molecule is CN(CC(=O)Nc1c(Cl)cccc1Cl)CC(=O)NC1CCCCC1. The number of halogens is 2. The number of carbonyl (C=O) groups is 2. The van der Waals surface area contributed by atoms with Crippen LogP contribution in [0.4, 0.5) is 5.69 Å². The van der Waals surface area contributed by atoms with E-state index in [1.165, 1.54) is 19.3 Å². The van der Waals surface area contributed by atoms with Crippen LogP contribution in [-0.2, 0) is 9.59 Å². The van der Waals surface area contributed by atoms with E-state index in [4.69, 9.17) is 23.2 Å². The van der Waals surface area contributed by atoms with Gasteiger partial charge in [0.25, 0.3) is 0 Å². The van der Waals surface area contributed by atoms with E-state index in [1.807, 2.05) is 0 Å². The Bertz CT molecular complexity index is 569. The molecule has 1 aromatic carbocycles. The van der Waals surface area contributed by atoms with Crippen LogP contribution in [-0.4, -0.2) is 42.9 Å². The Kier molecular flexibility index (Phi) is 7.34. The molecule has 132 valence electrons. The Morgan fingerprint density at radius 3 is 2.29 bits per heavy atom. The first-order chi connectivity index (χ1) is 11.5. The Morgan fingerprint density at radius 2 is 1.67 bits per heavy atom. The molecule has 0 saturated heterocycles. The summed E-state index contributed by atoms with van der Waals surface area (Å²) in [6, 6.07) is 5.30. The predicted molar refractivity (Wildman–Crippen MR) is 97.6 cm³/mol. The van der Waals surface area contributed by atoms with E-state index < -0.39 is 0 Å². The lowest BCUT2D eigenvalue weighted by atomic mass is 9.95. The van der Waals surface area contributed by atoms with E-state index >= 15 is 0 Å². The quantitative estimate of drug-likeness (QED) is 0.806. The summed E-state index contributed by atoms with van der Waals surface area (Å²) < 4.78 is 0. The number of carbonyl (C=O) groups excluding carboxylic acids is 2. The third-order valence-corrected chi connectivity index (χ3v) is 4.65. The van der Waals surface area contributed by atoms with Gasteiger partial charge in [0, 0.05) is 6.04 Å². The van der Waals surface area contributed by atoms with E-state index in [2.05, 4.69) is 10.6 Å². The maximum atomic E-state index is 12.1. The van der Waals surface area contributed by atoms with Crippen molar-refractivity contribution in [3.05, 3.63) is 28.2 Å². The second kappa shape index (κ2) is 9.25. The Balaban J connectivity index is 1.77. The van der Waals surface area contributed by atoms with Gasteiger partial charge in [-0.05, 0) is 32.0 Å². The Morgan fingerprint density at radius 1 is 1.08 bits per heavy atom. The largest absolute Gasteiger partial charge is 0.352 e. The van der Waals surface area contributed by atoms with Gasteiger partial charge in [-0.3, -0.25) is 14.5 Å². The fraction of sp³-hybridized carbons (Fsp3) is 0.529. The molecule has 5 nitrogen and oxygen atoms in total. The number of benzene rings is 1. The Labute approximate surface area is 152 Å². The Hall–Kier alpha value is -1.30. The summed E-state index contributed by atoms with van der Waals surface area (Å²) in [6.45, 7) is 0.264. The number of para-hydroxylation sites is 1. The van der Waals surface area contributed by atoms with Crippen LogP contribution in [0.3, 0.4) is 0 Å². The number of amides is 2. The average Bonchev–Trinajstić information content (AvgIpc) is 2.51. The van der Waals surface area contributed by atoms with Gasteiger partial charge in [-0.2, -0.15) is 0 Å². The fourth-order valence-corrected chi connectivity index (χ4v) is 3.35. The van der Waals surface area contributed by atoms with Crippen LogP contribution in [0.15, 0.2) is 18.2 Å². The zero-order chi connectivity index (χ0) is 17.5. The molecule has 0 spiro atoms. The molecule has 1 aliphatic rings. The molecule has 1 saturated carbocycles. The minimum atomic E-state index is -0.266. The smallest absolute Gasteiger partial charge is 0.238 e. The normalized spacial score (nSPS) is 15.3. The highest BCUT2D eigenvalue weighted by molar-refractivity contribution is 6.39. The highest BCUT2D eigenvalue weighted by Crippen LogP contribution is 2.29. The van der Waals surface area contributed by atoms with Crippen LogP contribution in [0.5, 0.6) is 0 Å². The molecular weight excluding hydrogens is 349 g/mol. The van der Waals surface area contributed by atoms with Gasteiger partial charge in [0.15, 0.2) is 0 Å². The third kappa shape index (κ3) is 5.96. The monoisotopic (exact) mass is 371 g/mol. The molecule has 1 aliphatic carbocycles. The van der Waals surface area contributed by atoms with Gasteiger partial charge in [0.2, 0.25) is 11.8 Å². The van der Waals surface area contributed by atoms with Gasteiger partial charge in [-0.15, -0.1) is 0 Å². The standard InChI is InChI=1S/C17H23Cl2N3O2/c1-22(10-15(23)20-12-6-3-2-4-7-12)11-16(24)21-17-13(18)8-5-9-14(17)19/h5,8-9,12H,2-4,6-7,10-11H2,1H3,(H,20,23)(H,21,24). The van der Waals surface area contributed by atoms with E-state index in [-0.39, 0.29) is 30.9 Å². The second-order valence-electron chi connectivity index (χ2n) is 6.22. The number of rotatable bonds is 6. The molecule has 0 aromatic heterocycles. The summed E-state index contributed by atoms with van der Waals surface area (Å²) in [4.78, 5) is 25.8. The van der Waals surface area contributed by atoms with Crippen molar-refractivity contribution in [1.82, 2.24) is 10.2 Å². The molecule has 7 heteroatoms. The van der Waals surface area contributed by atoms with Gasteiger partial charge in [0.05, 0.1) is 28.8 Å². The number of hydrogen-bond donors (Lipinski definition) is 2.